The first kappa shape index (κ1) is 15.0. The van der Waals surface area contributed by atoms with Crippen molar-refractivity contribution in [3.63, 3.8) is 0 Å². The Hall–Kier alpha value is -2.01. The van der Waals surface area contributed by atoms with E-state index in [4.69, 9.17) is 14.9 Å². The third kappa shape index (κ3) is 5.44. The van der Waals surface area contributed by atoms with Gasteiger partial charge in [0.05, 0.1) is 6.61 Å². The van der Waals surface area contributed by atoms with Crippen LogP contribution in [0.4, 0.5) is 0 Å². The molecule has 0 aliphatic heterocycles. The minimum Gasteiger partial charge on any atom is -0.504 e. The normalized spacial score (nSPS) is 12.5. The first-order valence-corrected chi connectivity index (χ1v) is 6.00. The van der Waals surface area contributed by atoms with Gasteiger partial charge in [-0.15, -0.1) is 0 Å². The number of phenols is 2. The molecule has 0 aliphatic rings. The predicted molar refractivity (Wildman–Crippen MR) is 70.6 cm³/mol. The molecule has 1 aromatic rings. The molecule has 3 N–H and O–H groups in total. The lowest BCUT2D eigenvalue weighted by molar-refractivity contribution is -0.139. The number of carbonyl (C=O) groups is 1. The summed E-state index contributed by atoms with van der Waals surface area (Å²) in [5.74, 6) is -0.831. The monoisotopic (exact) mass is 266 g/mol. The van der Waals surface area contributed by atoms with Crippen molar-refractivity contribution in [2.45, 2.75) is 13.3 Å². The molecule has 0 aliphatic carbocycles. The van der Waals surface area contributed by atoms with Gasteiger partial charge in [-0.05, 0) is 36.1 Å². The fourth-order valence-corrected chi connectivity index (χ4v) is 1.38. The maximum atomic E-state index is 11.4. The third-order valence-electron chi connectivity index (χ3n) is 2.54. The quantitative estimate of drug-likeness (QED) is 0.414. The van der Waals surface area contributed by atoms with Crippen LogP contribution < -0.4 is 0 Å². The van der Waals surface area contributed by atoms with Gasteiger partial charge in [0.1, 0.15) is 0 Å². The zero-order valence-corrected chi connectivity index (χ0v) is 10.7. The summed E-state index contributed by atoms with van der Waals surface area (Å²) in [7, 11) is 0. The van der Waals surface area contributed by atoms with Gasteiger partial charge in [-0.3, -0.25) is 0 Å². The van der Waals surface area contributed by atoms with Gasteiger partial charge in [-0.2, -0.15) is 0 Å². The molecule has 0 spiro atoms. The number of aromatic hydroxyl groups is 2. The Bertz CT molecular complexity index is 453. The van der Waals surface area contributed by atoms with Crippen molar-refractivity contribution >= 4 is 12.0 Å². The largest absolute Gasteiger partial charge is 0.504 e. The molecule has 5 nitrogen and oxygen atoms in total. The first-order valence-electron chi connectivity index (χ1n) is 6.00. The van der Waals surface area contributed by atoms with Crippen molar-refractivity contribution in [1.29, 1.82) is 0 Å². The van der Waals surface area contributed by atoms with Crippen LogP contribution in [-0.2, 0) is 9.53 Å². The van der Waals surface area contributed by atoms with Crippen molar-refractivity contribution in [2.24, 2.45) is 5.92 Å². The summed E-state index contributed by atoms with van der Waals surface area (Å²) in [4.78, 5) is 11.4. The highest BCUT2D eigenvalue weighted by Gasteiger charge is 2.04. The van der Waals surface area contributed by atoms with E-state index in [-0.39, 0.29) is 30.6 Å². The summed E-state index contributed by atoms with van der Waals surface area (Å²) >= 11 is 0. The minimum atomic E-state index is -0.489. The third-order valence-corrected chi connectivity index (χ3v) is 2.54. The summed E-state index contributed by atoms with van der Waals surface area (Å²) in [5, 5.41) is 27.1. The molecule has 1 atom stereocenters. The molecule has 0 fully saturated rings. The van der Waals surface area contributed by atoms with Crippen LogP contribution in [0.2, 0.25) is 0 Å². The summed E-state index contributed by atoms with van der Waals surface area (Å²) < 4.78 is 4.98. The van der Waals surface area contributed by atoms with E-state index < -0.39 is 5.97 Å². The number of rotatable bonds is 6. The molecule has 0 saturated carbocycles. The highest BCUT2D eigenvalue weighted by molar-refractivity contribution is 5.87. The maximum Gasteiger partial charge on any atom is 0.330 e. The van der Waals surface area contributed by atoms with Crippen LogP contribution in [-0.4, -0.2) is 34.5 Å². The zero-order chi connectivity index (χ0) is 14.3. The van der Waals surface area contributed by atoms with Crippen molar-refractivity contribution in [3.8, 4) is 11.5 Å². The number of phenolic OH excluding ortho intramolecular Hbond substituents is 2. The number of ether oxygens (including phenoxy) is 1. The van der Waals surface area contributed by atoms with E-state index in [0.717, 1.165) is 0 Å². The Morgan fingerprint density at radius 1 is 1.37 bits per heavy atom. The highest BCUT2D eigenvalue weighted by Crippen LogP contribution is 2.25. The molecular weight excluding hydrogens is 248 g/mol. The Morgan fingerprint density at radius 2 is 2.11 bits per heavy atom. The van der Waals surface area contributed by atoms with Crippen LogP contribution in [0, 0.1) is 5.92 Å². The molecule has 0 unspecified atom stereocenters. The summed E-state index contributed by atoms with van der Waals surface area (Å²) in [6.45, 7) is 2.21. The van der Waals surface area contributed by atoms with E-state index in [0.29, 0.717) is 12.0 Å². The Kier molecular flexibility index (Phi) is 5.89. The summed E-state index contributed by atoms with van der Waals surface area (Å²) in [6, 6.07) is 4.24. The lowest BCUT2D eigenvalue weighted by Gasteiger charge is -2.08. The van der Waals surface area contributed by atoms with Crippen molar-refractivity contribution < 1.29 is 24.9 Å². The second-order valence-electron chi connectivity index (χ2n) is 4.33. The molecule has 0 bridgehead atoms. The lowest BCUT2D eigenvalue weighted by Crippen LogP contribution is -2.11. The number of benzene rings is 1. The van der Waals surface area contributed by atoms with E-state index in [1.54, 1.807) is 6.07 Å². The predicted octanol–water partition coefficient (Wildman–Crippen LogP) is 1.67. The van der Waals surface area contributed by atoms with Crippen molar-refractivity contribution in [3.05, 3.63) is 29.8 Å². The molecule has 5 heteroatoms. The fourth-order valence-electron chi connectivity index (χ4n) is 1.38. The van der Waals surface area contributed by atoms with Gasteiger partial charge >= 0.3 is 5.97 Å². The van der Waals surface area contributed by atoms with Gasteiger partial charge in [-0.1, -0.05) is 13.0 Å². The molecule has 0 heterocycles. The molecular formula is C14H18O5. The standard InChI is InChI=1S/C14H18O5/c1-10(6-7-15)9-19-14(18)5-3-11-2-4-12(16)13(17)8-11/h2-5,8,10,15-17H,6-7,9H2,1H3/b5-3+/t10-/m1/s1. The Labute approximate surface area is 111 Å². The van der Waals surface area contributed by atoms with Crippen molar-refractivity contribution in [1.82, 2.24) is 0 Å². The van der Waals surface area contributed by atoms with Crippen LogP contribution in [0.3, 0.4) is 0 Å². The van der Waals surface area contributed by atoms with E-state index in [1.807, 2.05) is 6.92 Å². The smallest absolute Gasteiger partial charge is 0.330 e. The number of aliphatic hydroxyl groups is 1. The minimum absolute atomic E-state index is 0.0708. The van der Waals surface area contributed by atoms with Crippen LogP contribution in [0.1, 0.15) is 18.9 Å². The number of aliphatic hydroxyl groups excluding tert-OH is 1. The van der Waals surface area contributed by atoms with Crippen LogP contribution >= 0.6 is 0 Å². The summed E-state index contributed by atoms with van der Waals surface area (Å²) in [6.07, 6.45) is 3.32. The first-order chi connectivity index (χ1) is 9.02. The van der Waals surface area contributed by atoms with E-state index in [1.165, 1.54) is 24.3 Å². The van der Waals surface area contributed by atoms with Crippen LogP contribution in [0.5, 0.6) is 11.5 Å². The number of hydrogen-bond acceptors (Lipinski definition) is 5. The number of carbonyl (C=O) groups excluding carboxylic acids is 1. The SMILES string of the molecule is C[C@H](CCO)COC(=O)/C=C/c1ccc(O)c(O)c1. The molecule has 19 heavy (non-hydrogen) atoms. The molecule has 1 rings (SSSR count). The Morgan fingerprint density at radius 3 is 2.74 bits per heavy atom. The van der Waals surface area contributed by atoms with Gasteiger partial charge in [0, 0.05) is 12.7 Å². The van der Waals surface area contributed by atoms with Gasteiger partial charge in [-0.25, -0.2) is 4.79 Å². The molecule has 0 saturated heterocycles. The van der Waals surface area contributed by atoms with E-state index >= 15 is 0 Å². The molecule has 1 aromatic carbocycles. The van der Waals surface area contributed by atoms with Crippen LogP contribution in [0.25, 0.3) is 6.08 Å². The average molecular weight is 266 g/mol. The fraction of sp³-hybridized carbons (Fsp3) is 0.357. The molecule has 0 amide bonds. The lowest BCUT2D eigenvalue weighted by atomic mass is 10.1. The van der Waals surface area contributed by atoms with Crippen LogP contribution in [0.15, 0.2) is 24.3 Å². The molecule has 0 aromatic heterocycles. The summed E-state index contributed by atoms with van der Waals surface area (Å²) in [5.41, 5.74) is 0.579. The van der Waals surface area contributed by atoms with E-state index in [2.05, 4.69) is 0 Å². The average Bonchev–Trinajstić information content (AvgIpc) is 2.38. The van der Waals surface area contributed by atoms with Gasteiger partial charge < -0.3 is 20.1 Å². The van der Waals surface area contributed by atoms with E-state index in [9.17, 15) is 9.90 Å². The second-order valence-corrected chi connectivity index (χ2v) is 4.33. The maximum absolute atomic E-state index is 11.4. The topological polar surface area (TPSA) is 87.0 Å². The Balaban J connectivity index is 2.47. The van der Waals surface area contributed by atoms with Gasteiger partial charge in [0.15, 0.2) is 11.5 Å². The highest BCUT2D eigenvalue weighted by atomic mass is 16.5. The van der Waals surface area contributed by atoms with Gasteiger partial charge in [0.25, 0.3) is 0 Å². The number of hydrogen-bond donors (Lipinski definition) is 3. The number of esters is 1. The van der Waals surface area contributed by atoms with Gasteiger partial charge in [0.2, 0.25) is 0 Å². The molecule has 0 radical (unpaired) electrons. The van der Waals surface area contributed by atoms with Crippen molar-refractivity contribution in [2.75, 3.05) is 13.2 Å². The molecule has 104 valence electrons. The second kappa shape index (κ2) is 7.43. The zero-order valence-electron chi connectivity index (χ0n) is 10.7.